The third kappa shape index (κ3) is 4.49. The van der Waals surface area contributed by atoms with E-state index in [0.717, 1.165) is 36.0 Å². The van der Waals surface area contributed by atoms with E-state index < -0.39 is 0 Å². The van der Waals surface area contributed by atoms with Crippen LogP contribution in [0.2, 0.25) is 5.02 Å². The number of nitrogens with one attached hydrogen (secondary N) is 1. The van der Waals surface area contributed by atoms with E-state index in [9.17, 15) is 0 Å². The highest BCUT2D eigenvalue weighted by Crippen LogP contribution is 2.24. The molecule has 2 rings (SSSR count). The molecule has 21 heavy (non-hydrogen) atoms. The Morgan fingerprint density at radius 3 is 2.86 bits per heavy atom. The third-order valence-electron chi connectivity index (χ3n) is 3.30. The maximum Gasteiger partial charge on any atom is 0.123 e. The van der Waals surface area contributed by atoms with Crippen molar-refractivity contribution in [2.45, 2.75) is 13.1 Å². The van der Waals surface area contributed by atoms with E-state index in [1.165, 1.54) is 5.69 Å². The highest BCUT2D eigenvalue weighted by molar-refractivity contribution is 6.30. The molecule has 4 nitrogen and oxygen atoms in total. The Labute approximate surface area is 130 Å². The van der Waals surface area contributed by atoms with Gasteiger partial charge in [-0.15, -0.1) is 0 Å². The van der Waals surface area contributed by atoms with Crippen molar-refractivity contribution in [1.82, 2.24) is 9.88 Å². The molecule has 1 N–H and O–H groups in total. The van der Waals surface area contributed by atoms with Crippen molar-refractivity contribution < 1.29 is 9.47 Å². The monoisotopic (exact) mass is 308 g/mol. The van der Waals surface area contributed by atoms with Crippen LogP contribution < -0.4 is 10.1 Å². The Hall–Kier alpha value is -1.49. The van der Waals surface area contributed by atoms with E-state index in [2.05, 4.69) is 22.1 Å². The Balaban J connectivity index is 2.06. The molecule has 0 bridgehead atoms. The molecule has 1 aromatic carbocycles. The highest BCUT2D eigenvalue weighted by atomic mass is 35.5. The molecular weight excluding hydrogens is 288 g/mol. The van der Waals surface area contributed by atoms with E-state index in [1.54, 1.807) is 14.2 Å². The second kappa shape index (κ2) is 8.08. The normalized spacial score (nSPS) is 10.8. The van der Waals surface area contributed by atoms with Gasteiger partial charge in [0.2, 0.25) is 0 Å². The van der Waals surface area contributed by atoms with Gasteiger partial charge in [-0.2, -0.15) is 0 Å². The molecule has 0 amide bonds. The maximum atomic E-state index is 6.08. The molecule has 0 fully saturated rings. The molecule has 114 valence electrons. The average Bonchev–Trinajstić information content (AvgIpc) is 2.91. The molecule has 1 aromatic heterocycles. The average molecular weight is 309 g/mol. The van der Waals surface area contributed by atoms with Crippen molar-refractivity contribution in [3.8, 4) is 5.75 Å². The van der Waals surface area contributed by atoms with Gasteiger partial charge in [-0.1, -0.05) is 11.6 Å². The summed E-state index contributed by atoms with van der Waals surface area (Å²) >= 11 is 6.08. The van der Waals surface area contributed by atoms with E-state index >= 15 is 0 Å². The zero-order valence-electron chi connectivity index (χ0n) is 12.4. The zero-order valence-corrected chi connectivity index (χ0v) is 13.2. The zero-order chi connectivity index (χ0) is 15.1. The van der Waals surface area contributed by atoms with Crippen LogP contribution in [0.25, 0.3) is 0 Å². The number of methoxy groups -OCH3 is 2. The van der Waals surface area contributed by atoms with Crippen molar-refractivity contribution in [3.05, 3.63) is 52.8 Å². The molecule has 2 aromatic rings. The molecule has 0 unspecified atom stereocenters. The topological polar surface area (TPSA) is 35.4 Å². The molecule has 0 spiro atoms. The van der Waals surface area contributed by atoms with Crippen LogP contribution >= 0.6 is 11.6 Å². The van der Waals surface area contributed by atoms with Gasteiger partial charge in [0, 0.05) is 42.7 Å². The van der Waals surface area contributed by atoms with Crippen LogP contribution in [0.5, 0.6) is 5.75 Å². The van der Waals surface area contributed by atoms with Crippen molar-refractivity contribution in [2.24, 2.45) is 0 Å². The number of ether oxygens (including phenoxy) is 2. The third-order valence-corrected chi connectivity index (χ3v) is 3.53. The number of aromatic nitrogens is 1. The predicted octanol–water partition coefficient (Wildman–Crippen LogP) is 2.93. The lowest BCUT2D eigenvalue weighted by atomic mass is 10.2. The summed E-state index contributed by atoms with van der Waals surface area (Å²) in [6, 6.07) is 9.84. The fourth-order valence-corrected chi connectivity index (χ4v) is 2.40. The van der Waals surface area contributed by atoms with E-state index in [1.807, 2.05) is 24.3 Å². The first-order valence-electron chi connectivity index (χ1n) is 6.90. The van der Waals surface area contributed by atoms with E-state index in [0.29, 0.717) is 6.61 Å². The molecule has 0 saturated carbocycles. The Kier molecular flexibility index (Phi) is 6.11. The SMILES string of the molecule is COCCNCc1cccn1Cc1cc(Cl)ccc1OC. The summed E-state index contributed by atoms with van der Waals surface area (Å²) in [5.74, 6) is 0.853. The Morgan fingerprint density at radius 2 is 2.10 bits per heavy atom. The second-order valence-electron chi connectivity index (χ2n) is 4.75. The van der Waals surface area contributed by atoms with Crippen LogP contribution in [0.15, 0.2) is 36.5 Å². The highest BCUT2D eigenvalue weighted by Gasteiger charge is 2.07. The fourth-order valence-electron chi connectivity index (χ4n) is 2.21. The molecule has 5 heteroatoms. The summed E-state index contributed by atoms with van der Waals surface area (Å²) in [6.45, 7) is 3.09. The van der Waals surface area contributed by atoms with E-state index in [-0.39, 0.29) is 0 Å². The number of benzene rings is 1. The molecule has 0 aliphatic carbocycles. The van der Waals surface area contributed by atoms with Gasteiger partial charge in [-0.05, 0) is 30.3 Å². The van der Waals surface area contributed by atoms with Gasteiger partial charge < -0.3 is 19.4 Å². The van der Waals surface area contributed by atoms with Gasteiger partial charge in [0.15, 0.2) is 0 Å². The van der Waals surface area contributed by atoms with Crippen LogP contribution in [0, 0.1) is 0 Å². The second-order valence-corrected chi connectivity index (χ2v) is 5.19. The summed E-state index contributed by atoms with van der Waals surface area (Å²) in [5, 5.41) is 4.07. The lowest BCUT2D eigenvalue weighted by Gasteiger charge is -2.13. The summed E-state index contributed by atoms with van der Waals surface area (Å²) in [4.78, 5) is 0. The molecule has 0 aliphatic heterocycles. The summed E-state index contributed by atoms with van der Waals surface area (Å²) in [7, 11) is 3.38. The number of rotatable bonds is 8. The first kappa shape index (κ1) is 15.9. The van der Waals surface area contributed by atoms with Crippen molar-refractivity contribution in [3.63, 3.8) is 0 Å². The first-order valence-corrected chi connectivity index (χ1v) is 7.28. The molecule has 0 atom stereocenters. The lowest BCUT2D eigenvalue weighted by Crippen LogP contribution is -2.20. The van der Waals surface area contributed by atoms with Crippen LogP contribution in [0.3, 0.4) is 0 Å². The molecular formula is C16H21ClN2O2. The van der Waals surface area contributed by atoms with Gasteiger partial charge >= 0.3 is 0 Å². The van der Waals surface area contributed by atoms with Crippen molar-refractivity contribution in [2.75, 3.05) is 27.4 Å². The quantitative estimate of drug-likeness (QED) is 0.762. The number of hydrogen-bond acceptors (Lipinski definition) is 3. The number of nitrogens with zero attached hydrogens (tertiary/aromatic N) is 1. The van der Waals surface area contributed by atoms with Gasteiger partial charge in [0.25, 0.3) is 0 Å². The first-order chi connectivity index (χ1) is 10.2. The lowest BCUT2D eigenvalue weighted by molar-refractivity contribution is 0.199. The van der Waals surface area contributed by atoms with Crippen molar-refractivity contribution in [1.29, 1.82) is 0 Å². The predicted molar refractivity (Wildman–Crippen MR) is 85.1 cm³/mol. The summed E-state index contributed by atoms with van der Waals surface area (Å²) in [6.07, 6.45) is 2.06. The van der Waals surface area contributed by atoms with Crippen LogP contribution in [0.4, 0.5) is 0 Å². The largest absolute Gasteiger partial charge is 0.496 e. The minimum absolute atomic E-state index is 0.711. The smallest absolute Gasteiger partial charge is 0.123 e. The van der Waals surface area contributed by atoms with Gasteiger partial charge in [-0.25, -0.2) is 0 Å². The van der Waals surface area contributed by atoms with Gasteiger partial charge in [0.1, 0.15) is 5.75 Å². The van der Waals surface area contributed by atoms with Crippen molar-refractivity contribution >= 4 is 11.6 Å². The molecule has 1 heterocycles. The molecule has 0 radical (unpaired) electrons. The number of halogens is 1. The van der Waals surface area contributed by atoms with E-state index in [4.69, 9.17) is 21.1 Å². The van der Waals surface area contributed by atoms with Crippen LogP contribution in [-0.2, 0) is 17.8 Å². The molecule has 0 saturated heterocycles. The van der Waals surface area contributed by atoms with Crippen LogP contribution in [0.1, 0.15) is 11.3 Å². The Bertz CT molecular complexity index is 569. The summed E-state index contributed by atoms with van der Waals surface area (Å²) in [5.41, 5.74) is 2.28. The van der Waals surface area contributed by atoms with Gasteiger partial charge in [-0.3, -0.25) is 0 Å². The van der Waals surface area contributed by atoms with Crippen LogP contribution in [-0.4, -0.2) is 31.9 Å². The van der Waals surface area contributed by atoms with Gasteiger partial charge in [0.05, 0.1) is 20.3 Å². The minimum Gasteiger partial charge on any atom is -0.496 e. The molecule has 0 aliphatic rings. The fraction of sp³-hybridized carbons (Fsp3) is 0.375. The maximum absolute atomic E-state index is 6.08. The minimum atomic E-state index is 0.711. The standard InChI is InChI=1S/C16H21ClN2O2/c1-20-9-7-18-11-15-4-3-8-19(15)12-13-10-14(17)5-6-16(13)21-2/h3-6,8,10,18H,7,9,11-12H2,1-2H3. The number of hydrogen-bond donors (Lipinski definition) is 1. The Morgan fingerprint density at radius 1 is 1.24 bits per heavy atom. The summed E-state index contributed by atoms with van der Waals surface area (Å²) < 4.78 is 12.6.